The quantitative estimate of drug-likeness (QED) is 0.278. The zero-order chi connectivity index (χ0) is 23.0. The van der Waals surface area contributed by atoms with E-state index in [4.69, 9.17) is 10.1 Å². The summed E-state index contributed by atoms with van der Waals surface area (Å²) in [6, 6.07) is 14.4. The zero-order valence-electron chi connectivity index (χ0n) is 19.3. The predicted molar refractivity (Wildman–Crippen MR) is 137 cm³/mol. The Balaban J connectivity index is 1.95. The minimum Gasteiger partial charge on any atom is -0.341 e. The summed E-state index contributed by atoms with van der Waals surface area (Å²) in [6.45, 7) is 10.7. The maximum atomic E-state index is 13.4. The first-order chi connectivity index (χ1) is 15.4. The maximum absolute atomic E-state index is 13.4. The molecular formula is C26H29BrN4O. The van der Waals surface area contributed by atoms with Gasteiger partial charge in [-0.25, -0.2) is 4.98 Å². The molecule has 0 radical (unpaired) electrons. The van der Waals surface area contributed by atoms with Crippen molar-refractivity contribution in [1.29, 1.82) is 0 Å². The molecule has 0 amide bonds. The van der Waals surface area contributed by atoms with E-state index in [1.807, 2.05) is 30.5 Å². The fourth-order valence-corrected chi connectivity index (χ4v) is 4.59. The molecule has 0 aliphatic carbocycles. The van der Waals surface area contributed by atoms with Crippen LogP contribution in [0.2, 0.25) is 0 Å². The lowest BCUT2D eigenvalue weighted by Gasteiger charge is -2.15. The van der Waals surface area contributed by atoms with E-state index in [-0.39, 0.29) is 11.5 Å². The van der Waals surface area contributed by atoms with Gasteiger partial charge in [-0.05, 0) is 51.0 Å². The standard InChI is InChI=1S/C26H29BrN4O/c1-6-16(3)25-29-23-13-12-19(27)14-21(23)26(32)31(25)28-15-22-18(5)30(17(4)7-2)24-11-9-8-10-20(22)24/h8-17H,6-7H2,1-5H3/t16-,17+/m1/s1. The Kier molecular flexibility index (Phi) is 6.33. The molecular weight excluding hydrogens is 464 g/mol. The Morgan fingerprint density at radius 2 is 1.84 bits per heavy atom. The Morgan fingerprint density at radius 3 is 2.56 bits per heavy atom. The number of rotatable bonds is 6. The summed E-state index contributed by atoms with van der Waals surface area (Å²) in [6.07, 6.45) is 3.74. The summed E-state index contributed by atoms with van der Waals surface area (Å²) in [5.41, 5.74) is 3.93. The molecule has 4 rings (SSSR count). The number of para-hydroxylation sites is 1. The Hall–Kier alpha value is -2.73. The van der Waals surface area contributed by atoms with Gasteiger partial charge < -0.3 is 4.57 Å². The van der Waals surface area contributed by atoms with Gasteiger partial charge in [-0.2, -0.15) is 9.78 Å². The van der Waals surface area contributed by atoms with Crippen LogP contribution in [0.15, 0.2) is 56.8 Å². The van der Waals surface area contributed by atoms with Gasteiger partial charge in [-0.15, -0.1) is 0 Å². The van der Waals surface area contributed by atoms with Crippen molar-refractivity contribution in [3.63, 3.8) is 0 Å². The second kappa shape index (κ2) is 9.02. The van der Waals surface area contributed by atoms with E-state index in [0.29, 0.717) is 22.8 Å². The van der Waals surface area contributed by atoms with E-state index in [1.165, 1.54) is 10.2 Å². The van der Waals surface area contributed by atoms with E-state index in [0.717, 1.165) is 34.0 Å². The maximum Gasteiger partial charge on any atom is 0.282 e. The first kappa shape index (κ1) is 22.5. The van der Waals surface area contributed by atoms with Crippen LogP contribution in [0.5, 0.6) is 0 Å². The molecule has 2 aromatic carbocycles. The molecule has 0 bridgehead atoms. The fraction of sp³-hybridized carbons (Fsp3) is 0.346. The average molecular weight is 493 g/mol. The van der Waals surface area contributed by atoms with Crippen molar-refractivity contribution in [2.45, 2.75) is 59.4 Å². The van der Waals surface area contributed by atoms with Gasteiger partial charge in [-0.3, -0.25) is 4.79 Å². The molecule has 4 aromatic rings. The highest BCUT2D eigenvalue weighted by Gasteiger charge is 2.18. The van der Waals surface area contributed by atoms with Crippen LogP contribution in [0.4, 0.5) is 0 Å². The third-order valence-electron chi connectivity index (χ3n) is 6.43. The molecule has 0 fully saturated rings. The molecule has 0 saturated heterocycles. The van der Waals surface area contributed by atoms with Crippen molar-refractivity contribution >= 4 is 44.0 Å². The SMILES string of the molecule is CC[C@@H](C)c1nc2ccc(Br)cc2c(=O)n1N=Cc1c(C)n([C@@H](C)CC)c2ccccc12. The van der Waals surface area contributed by atoms with Crippen LogP contribution in [0.25, 0.3) is 21.8 Å². The lowest BCUT2D eigenvalue weighted by Crippen LogP contribution is -2.23. The number of hydrogen-bond acceptors (Lipinski definition) is 3. The van der Waals surface area contributed by atoms with Gasteiger partial charge in [-0.1, -0.05) is 54.9 Å². The van der Waals surface area contributed by atoms with Crippen molar-refractivity contribution < 1.29 is 0 Å². The van der Waals surface area contributed by atoms with Crippen LogP contribution < -0.4 is 5.56 Å². The highest BCUT2D eigenvalue weighted by molar-refractivity contribution is 9.10. The Labute approximate surface area is 196 Å². The van der Waals surface area contributed by atoms with Gasteiger partial charge >= 0.3 is 0 Å². The van der Waals surface area contributed by atoms with Crippen molar-refractivity contribution in [3.8, 4) is 0 Å². The molecule has 32 heavy (non-hydrogen) atoms. The van der Waals surface area contributed by atoms with Crippen LogP contribution >= 0.6 is 15.9 Å². The van der Waals surface area contributed by atoms with Crippen molar-refractivity contribution in [2.75, 3.05) is 0 Å². The summed E-state index contributed by atoms with van der Waals surface area (Å²) in [5, 5.41) is 6.42. The summed E-state index contributed by atoms with van der Waals surface area (Å²) in [7, 11) is 0. The van der Waals surface area contributed by atoms with E-state index in [2.05, 4.69) is 73.3 Å². The van der Waals surface area contributed by atoms with Gasteiger partial charge in [0.2, 0.25) is 0 Å². The molecule has 0 unspecified atom stereocenters. The van der Waals surface area contributed by atoms with Gasteiger partial charge in [0.1, 0.15) is 5.82 Å². The Bertz CT molecular complexity index is 1380. The largest absolute Gasteiger partial charge is 0.341 e. The molecule has 2 heterocycles. The van der Waals surface area contributed by atoms with Gasteiger partial charge in [0, 0.05) is 38.6 Å². The molecule has 0 N–H and O–H groups in total. The molecule has 166 valence electrons. The van der Waals surface area contributed by atoms with Crippen LogP contribution in [0, 0.1) is 6.92 Å². The van der Waals surface area contributed by atoms with Crippen molar-refractivity contribution in [1.82, 2.24) is 14.2 Å². The summed E-state index contributed by atoms with van der Waals surface area (Å²) in [4.78, 5) is 18.2. The summed E-state index contributed by atoms with van der Waals surface area (Å²) in [5.74, 6) is 0.794. The average Bonchev–Trinajstić information content (AvgIpc) is 3.08. The molecule has 0 aliphatic heterocycles. The zero-order valence-corrected chi connectivity index (χ0v) is 20.8. The monoisotopic (exact) mass is 492 g/mol. The van der Waals surface area contributed by atoms with Crippen LogP contribution in [0.1, 0.15) is 69.6 Å². The molecule has 0 aliphatic rings. The van der Waals surface area contributed by atoms with E-state index >= 15 is 0 Å². The number of hydrogen-bond donors (Lipinski definition) is 0. The fourth-order valence-electron chi connectivity index (χ4n) is 4.22. The highest BCUT2D eigenvalue weighted by atomic mass is 79.9. The van der Waals surface area contributed by atoms with Gasteiger partial charge in [0.15, 0.2) is 0 Å². The third-order valence-corrected chi connectivity index (χ3v) is 6.92. The molecule has 0 saturated carbocycles. The van der Waals surface area contributed by atoms with Crippen LogP contribution in [0.3, 0.4) is 0 Å². The number of aromatic nitrogens is 3. The van der Waals surface area contributed by atoms with Crippen LogP contribution in [-0.4, -0.2) is 20.4 Å². The third kappa shape index (κ3) is 3.81. The van der Waals surface area contributed by atoms with Crippen molar-refractivity contribution in [2.24, 2.45) is 5.10 Å². The number of halogens is 1. The second-order valence-corrected chi connectivity index (χ2v) is 9.36. The lowest BCUT2D eigenvalue weighted by atomic mass is 10.1. The molecule has 6 heteroatoms. The summed E-state index contributed by atoms with van der Waals surface area (Å²) < 4.78 is 4.70. The van der Waals surface area contributed by atoms with Crippen LogP contribution in [-0.2, 0) is 0 Å². The smallest absolute Gasteiger partial charge is 0.282 e. The van der Waals surface area contributed by atoms with E-state index in [1.54, 1.807) is 0 Å². The molecule has 2 aromatic heterocycles. The topological polar surface area (TPSA) is 52.2 Å². The first-order valence-electron chi connectivity index (χ1n) is 11.2. The predicted octanol–water partition coefficient (Wildman–Crippen LogP) is 6.79. The molecule has 5 nitrogen and oxygen atoms in total. The highest BCUT2D eigenvalue weighted by Crippen LogP contribution is 2.29. The van der Waals surface area contributed by atoms with Crippen molar-refractivity contribution in [3.05, 3.63) is 74.4 Å². The van der Waals surface area contributed by atoms with Gasteiger partial charge in [0.05, 0.1) is 17.1 Å². The Morgan fingerprint density at radius 1 is 1.09 bits per heavy atom. The molecule has 2 atom stereocenters. The minimum atomic E-state index is -0.147. The minimum absolute atomic E-state index is 0.107. The molecule has 0 spiro atoms. The van der Waals surface area contributed by atoms with E-state index < -0.39 is 0 Å². The normalized spacial score (nSPS) is 13.9. The number of benzene rings is 2. The lowest BCUT2D eigenvalue weighted by molar-refractivity contribution is 0.537. The van der Waals surface area contributed by atoms with E-state index in [9.17, 15) is 4.79 Å². The van der Waals surface area contributed by atoms with Gasteiger partial charge in [0.25, 0.3) is 5.56 Å². The number of fused-ring (bicyclic) bond motifs is 2. The second-order valence-electron chi connectivity index (χ2n) is 8.45. The number of nitrogens with zero attached hydrogens (tertiary/aromatic N) is 4. The summed E-state index contributed by atoms with van der Waals surface area (Å²) >= 11 is 3.47. The first-order valence-corrected chi connectivity index (χ1v) is 12.0.